The van der Waals surface area contributed by atoms with Crippen LogP contribution in [0.3, 0.4) is 0 Å². The van der Waals surface area contributed by atoms with Gasteiger partial charge in [-0.1, -0.05) is 13.3 Å². The quantitative estimate of drug-likeness (QED) is 0.785. The highest BCUT2D eigenvalue weighted by Gasteiger charge is 2.20. The summed E-state index contributed by atoms with van der Waals surface area (Å²) in [5.74, 6) is 1.07. The Hall–Kier alpha value is -0.610. The fraction of sp³-hybridized carbons (Fsp3) is 0.929. The van der Waals surface area contributed by atoms with Crippen molar-refractivity contribution in [1.82, 2.24) is 15.5 Å². The van der Waals surface area contributed by atoms with Crippen LogP contribution in [0.25, 0.3) is 0 Å². The Kier molecular flexibility index (Phi) is 5.45. The first-order chi connectivity index (χ1) is 8.75. The Morgan fingerprint density at radius 1 is 1.28 bits per heavy atom. The Labute approximate surface area is 110 Å². The summed E-state index contributed by atoms with van der Waals surface area (Å²) in [5, 5.41) is 6.36. The van der Waals surface area contributed by atoms with E-state index in [1.807, 2.05) is 0 Å². The Morgan fingerprint density at radius 2 is 2.06 bits per heavy atom. The Bertz CT molecular complexity index is 256. The monoisotopic (exact) mass is 253 g/mol. The molecule has 2 aliphatic rings. The van der Waals surface area contributed by atoms with Crippen molar-refractivity contribution in [3.8, 4) is 0 Å². The van der Waals surface area contributed by atoms with Gasteiger partial charge in [0, 0.05) is 13.1 Å². The van der Waals surface area contributed by atoms with Crippen molar-refractivity contribution in [1.29, 1.82) is 0 Å². The van der Waals surface area contributed by atoms with Gasteiger partial charge in [0.1, 0.15) is 0 Å². The van der Waals surface area contributed by atoms with Gasteiger partial charge in [-0.3, -0.25) is 4.79 Å². The summed E-state index contributed by atoms with van der Waals surface area (Å²) in [4.78, 5) is 14.4. The summed E-state index contributed by atoms with van der Waals surface area (Å²) in [6.07, 6.45) is 5.98. The highest BCUT2D eigenvalue weighted by atomic mass is 16.2. The number of rotatable bonds is 4. The zero-order valence-corrected chi connectivity index (χ0v) is 11.6. The maximum Gasteiger partial charge on any atom is 0.237 e. The number of piperidine rings is 2. The van der Waals surface area contributed by atoms with E-state index in [0.29, 0.717) is 0 Å². The van der Waals surface area contributed by atoms with Crippen LogP contribution in [-0.2, 0) is 4.79 Å². The molecule has 104 valence electrons. The summed E-state index contributed by atoms with van der Waals surface area (Å²) >= 11 is 0. The lowest BCUT2D eigenvalue weighted by Gasteiger charge is -2.30. The van der Waals surface area contributed by atoms with E-state index in [1.54, 1.807) is 0 Å². The Morgan fingerprint density at radius 3 is 2.72 bits per heavy atom. The second-order valence-corrected chi connectivity index (χ2v) is 5.82. The molecule has 1 atom stereocenters. The van der Waals surface area contributed by atoms with Gasteiger partial charge in [-0.2, -0.15) is 0 Å². The van der Waals surface area contributed by atoms with E-state index in [-0.39, 0.29) is 11.9 Å². The van der Waals surface area contributed by atoms with Crippen LogP contribution in [0.1, 0.15) is 39.0 Å². The minimum absolute atomic E-state index is 0.0557. The number of carbonyl (C=O) groups excluding carboxylic acids is 1. The van der Waals surface area contributed by atoms with Gasteiger partial charge in [-0.25, -0.2) is 0 Å². The molecular formula is C14H27N3O. The number of hydrogen-bond donors (Lipinski definition) is 2. The van der Waals surface area contributed by atoms with E-state index in [9.17, 15) is 4.79 Å². The molecule has 1 amide bonds. The van der Waals surface area contributed by atoms with Gasteiger partial charge < -0.3 is 15.5 Å². The van der Waals surface area contributed by atoms with Gasteiger partial charge in [0.2, 0.25) is 5.91 Å². The zero-order valence-electron chi connectivity index (χ0n) is 11.6. The summed E-state index contributed by atoms with van der Waals surface area (Å²) < 4.78 is 0. The SMILES string of the molecule is CC1CCN(CCNC(=O)[C@H]2CCCCN2)CC1. The fourth-order valence-corrected chi connectivity index (χ4v) is 2.82. The van der Waals surface area contributed by atoms with Crippen LogP contribution in [0.2, 0.25) is 0 Å². The number of hydrogen-bond acceptors (Lipinski definition) is 3. The van der Waals surface area contributed by atoms with Crippen molar-refractivity contribution in [2.45, 2.75) is 45.1 Å². The van der Waals surface area contributed by atoms with E-state index in [0.717, 1.165) is 32.0 Å². The minimum atomic E-state index is 0.0557. The molecule has 2 saturated heterocycles. The van der Waals surface area contributed by atoms with Crippen LogP contribution in [-0.4, -0.2) is 49.6 Å². The third-order valence-electron chi connectivity index (χ3n) is 4.23. The molecule has 2 aliphatic heterocycles. The highest BCUT2D eigenvalue weighted by molar-refractivity contribution is 5.81. The molecule has 0 radical (unpaired) electrons. The van der Waals surface area contributed by atoms with Crippen LogP contribution in [0.4, 0.5) is 0 Å². The van der Waals surface area contributed by atoms with Crippen molar-refractivity contribution in [2.75, 3.05) is 32.7 Å². The first kappa shape index (κ1) is 13.8. The third kappa shape index (κ3) is 4.25. The second kappa shape index (κ2) is 7.10. The molecule has 0 aromatic heterocycles. The second-order valence-electron chi connectivity index (χ2n) is 5.82. The lowest BCUT2D eigenvalue weighted by atomic mass is 9.99. The predicted octanol–water partition coefficient (Wildman–Crippen LogP) is 0.977. The van der Waals surface area contributed by atoms with Crippen molar-refractivity contribution < 1.29 is 4.79 Å². The molecular weight excluding hydrogens is 226 g/mol. The molecule has 4 heteroatoms. The standard InChI is InChI=1S/C14H27N3O/c1-12-5-9-17(10-6-12)11-8-16-14(18)13-4-2-3-7-15-13/h12-13,15H,2-11H2,1H3,(H,16,18)/t13-/m1/s1. The molecule has 2 fully saturated rings. The molecule has 18 heavy (non-hydrogen) atoms. The molecule has 0 aromatic rings. The maximum absolute atomic E-state index is 11.9. The number of nitrogens with zero attached hydrogens (tertiary/aromatic N) is 1. The van der Waals surface area contributed by atoms with Gasteiger partial charge in [0.05, 0.1) is 6.04 Å². The molecule has 0 aromatic carbocycles. The van der Waals surface area contributed by atoms with Crippen LogP contribution in [0.5, 0.6) is 0 Å². The number of amides is 1. The van der Waals surface area contributed by atoms with E-state index in [2.05, 4.69) is 22.5 Å². The molecule has 2 N–H and O–H groups in total. The molecule has 0 unspecified atom stereocenters. The summed E-state index contributed by atoms with van der Waals surface area (Å²) in [7, 11) is 0. The molecule has 0 saturated carbocycles. The number of nitrogens with one attached hydrogen (secondary N) is 2. The number of carbonyl (C=O) groups is 1. The Balaban J connectivity index is 1.58. The smallest absolute Gasteiger partial charge is 0.237 e. The number of likely N-dealkylation sites (tertiary alicyclic amines) is 1. The molecule has 0 bridgehead atoms. The van der Waals surface area contributed by atoms with Crippen molar-refractivity contribution >= 4 is 5.91 Å². The van der Waals surface area contributed by atoms with E-state index in [4.69, 9.17) is 0 Å². The van der Waals surface area contributed by atoms with Gasteiger partial charge >= 0.3 is 0 Å². The van der Waals surface area contributed by atoms with E-state index >= 15 is 0 Å². The van der Waals surface area contributed by atoms with E-state index in [1.165, 1.54) is 38.8 Å². The predicted molar refractivity (Wildman–Crippen MR) is 73.5 cm³/mol. The van der Waals surface area contributed by atoms with Crippen LogP contribution >= 0.6 is 0 Å². The zero-order chi connectivity index (χ0) is 12.8. The average molecular weight is 253 g/mol. The van der Waals surface area contributed by atoms with Crippen molar-refractivity contribution in [3.63, 3.8) is 0 Å². The molecule has 0 aliphatic carbocycles. The minimum Gasteiger partial charge on any atom is -0.353 e. The normalized spacial score (nSPS) is 27.1. The van der Waals surface area contributed by atoms with E-state index < -0.39 is 0 Å². The van der Waals surface area contributed by atoms with Crippen LogP contribution in [0.15, 0.2) is 0 Å². The highest BCUT2D eigenvalue weighted by Crippen LogP contribution is 2.15. The van der Waals surface area contributed by atoms with Crippen molar-refractivity contribution in [3.05, 3.63) is 0 Å². The lowest BCUT2D eigenvalue weighted by Crippen LogP contribution is -2.48. The van der Waals surface area contributed by atoms with Crippen LogP contribution in [0, 0.1) is 5.92 Å². The third-order valence-corrected chi connectivity index (χ3v) is 4.23. The maximum atomic E-state index is 11.9. The fourth-order valence-electron chi connectivity index (χ4n) is 2.82. The van der Waals surface area contributed by atoms with Crippen molar-refractivity contribution in [2.24, 2.45) is 5.92 Å². The van der Waals surface area contributed by atoms with Crippen LogP contribution < -0.4 is 10.6 Å². The topological polar surface area (TPSA) is 44.4 Å². The van der Waals surface area contributed by atoms with Gasteiger partial charge in [0.25, 0.3) is 0 Å². The summed E-state index contributed by atoms with van der Waals surface area (Å²) in [5.41, 5.74) is 0. The molecule has 0 spiro atoms. The van der Waals surface area contributed by atoms with Gasteiger partial charge in [0.15, 0.2) is 0 Å². The molecule has 4 nitrogen and oxygen atoms in total. The molecule has 2 heterocycles. The van der Waals surface area contributed by atoms with Gasteiger partial charge in [-0.15, -0.1) is 0 Å². The lowest BCUT2D eigenvalue weighted by molar-refractivity contribution is -0.123. The average Bonchev–Trinajstić information content (AvgIpc) is 2.42. The largest absolute Gasteiger partial charge is 0.353 e. The summed E-state index contributed by atoms with van der Waals surface area (Å²) in [6.45, 7) is 7.50. The first-order valence-electron chi connectivity index (χ1n) is 7.49. The molecule has 2 rings (SSSR count). The van der Waals surface area contributed by atoms with Gasteiger partial charge in [-0.05, 0) is 51.2 Å². The summed E-state index contributed by atoms with van der Waals surface area (Å²) in [6, 6.07) is 0.0557. The first-order valence-corrected chi connectivity index (χ1v) is 7.49.